The van der Waals surface area contributed by atoms with Crippen molar-refractivity contribution in [3.63, 3.8) is 0 Å². The summed E-state index contributed by atoms with van der Waals surface area (Å²) in [7, 11) is 0. The Morgan fingerprint density at radius 1 is 1.50 bits per heavy atom. The van der Waals surface area contributed by atoms with Crippen LogP contribution in [0.2, 0.25) is 0 Å². The van der Waals surface area contributed by atoms with Gasteiger partial charge in [-0.1, -0.05) is 19.8 Å². The summed E-state index contributed by atoms with van der Waals surface area (Å²) in [5.41, 5.74) is 7.42. The molecule has 3 heteroatoms. The van der Waals surface area contributed by atoms with Gasteiger partial charge in [0, 0.05) is 4.88 Å². The highest BCUT2D eigenvalue weighted by atomic mass is 32.1. The first-order valence-corrected chi connectivity index (χ1v) is 6.37. The number of hydrogen-bond acceptors (Lipinski definition) is 3. The van der Waals surface area contributed by atoms with E-state index in [9.17, 15) is 0 Å². The van der Waals surface area contributed by atoms with Gasteiger partial charge in [0.2, 0.25) is 0 Å². The van der Waals surface area contributed by atoms with Crippen molar-refractivity contribution in [3.8, 4) is 0 Å². The molecule has 78 valence electrons. The highest BCUT2D eigenvalue weighted by Crippen LogP contribution is 2.31. The van der Waals surface area contributed by atoms with Crippen molar-refractivity contribution >= 4 is 11.3 Å². The molecule has 1 unspecified atom stereocenters. The van der Waals surface area contributed by atoms with Crippen molar-refractivity contribution < 1.29 is 0 Å². The standard InChI is InChI=1S/C11H18N2S/c1-2-3-5-8(12)11-13-9-6-4-7-10(9)14-11/h8H,2-7,12H2,1H3. The van der Waals surface area contributed by atoms with Crippen LogP contribution in [-0.2, 0) is 12.8 Å². The molecule has 0 radical (unpaired) electrons. The predicted molar refractivity (Wildman–Crippen MR) is 60.6 cm³/mol. The van der Waals surface area contributed by atoms with Crippen molar-refractivity contribution in [1.82, 2.24) is 4.98 Å². The molecular formula is C11H18N2S. The Morgan fingerprint density at radius 3 is 3.07 bits per heavy atom. The van der Waals surface area contributed by atoms with E-state index in [0.717, 1.165) is 6.42 Å². The summed E-state index contributed by atoms with van der Waals surface area (Å²) in [4.78, 5) is 6.13. The van der Waals surface area contributed by atoms with E-state index in [1.54, 1.807) is 0 Å². The molecule has 1 aromatic rings. The zero-order chi connectivity index (χ0) is 9.97. The number of fused-ring (bicyclic) bond motifs is 1. The first-order valence-electron chi connectivity index (χ1n) is 5.55. The fourth-order valence-corrected chi connectivity index (χ4v) is 3.11. The molecule has 2 nitrogen and oxygen atoms in total. The molecule has 2 N–H and O–H groups in total. The maximum atomic E-state index is 6.09. The molecule has 0 bridgehead atoms. The normalized spacial score (nSPS) is 17.0. The molecule has 1 aliphatic rings. The molecule has 0 fully saturated rings. The Labute approximate surface area is 89.5 Å². The van der Waals surface area contributed by atoms with Crippen molar-refractivity contribution in [2.24, 2.45) is 5.73 Å². The zero-order valence-electron chi connectivity index (χ0n) is 8.75. The van der Waals surface area contributed by atoms with Crippen LogP contribution in [0.4, 0.5) is 0 Å². The Balaban J connectivity index is 2.02. The molecule has 0 aliphatic heterocycles. The van der Waals surface area contributed by atoms with E-state index >= 15 is 0 Å². The number of nitrogens with zero attached hydrogens (tertiary/aromatic N) is 1. The maximum absolute atomic E-state index is 6.09. The number of hydrogen-bond donors (Lipinski definition) is 1. The van der Waals surface area contributed by atoms with Crippen molar-refractivity contribution in [1.29, 1.82) is 0 Å². The number of rotatable bonds is 4. The first-order chi connectivity index (χ1) is 6.81. The van der Waals surface area contributed by atoms with Crippen molar-refractivity contribution in [2.75, 3.05) is 0 Å². The Hall–Kier alpha value is -0.410. The van der Waals surface area contributed by atoms with Gasteiger partial charge in [-0.25, -0.2) is 4.98 Å². The molecular weight excluding hydrogens is 192 g/mol. The summed E-state index contributed by atoms with van der Waals surface area (Å²) < 4.78 is 0. The number of aryl methyl sites for hydroxylation is 2. The van der Waals surface area contributed by atoms with Gasteiger partial charge in [0.1, 0.15) is 5.01 Å². The molecule has 14 heavy (non-hydrogen) atoms. The van der Waals surface area contributed by atoms with E-state index in [1.165, 1.54) is 47.7 Å². The second-order valence-electron chi connectivity index (χ2n) is 4.02. The highest BCUT2D eigenvalue weighted by molar-refractivity contribution is 7.11. The van der Waals surface area contributed by atoms with Crippen LogP contribution in [0, 0.1) is 0 Å². The summed E-state index contributed by atoms with van der Waals surface area (Å²) >= 11 is 1.84. The van der Waals surface area contributed by atoms with Crippen LogP contribution >= 0.6 is 11.3 Å². The third-order valence-electron chi connectivity index (χ3n) is 2.80. The molecule has 1 aliphatic carbocycles. The van der Waals surface area contributed by atoms with E-state index < -0.39 is 0 Å². The molecule has 0 amide bonds. The Kier molecular flexibility index (Phi) is 3.19. The smallest absolute Gasteiger partial charge is 0.110 e. The number of aromatic nitrogens is 1. The van der Waals surface area contributed by atoms with Gasteiger partial charge in [-0.05, 0) is 25.7 Å². The minimum Gasteiger partial charge on any atom is -0.322 e. The minimum absolute atomic E-state index is 0.186. The second kappa shape index (κ2) is 4.41. The number of thiazole rings is 1. The van der Waals surface area contributed by atoms with E-state index in [0.29, 0.717) is 0 Å². The van der Waals surface area contributed by atoms with Crippen molar-refractivity contribution in [2.45, 2.75) is 51.5 Å². The van der Waals surface area contributed by atoms with Gasteiger partial charge in [0.25, 0.3) is 0 Å². The molecule has 0 saturated carbocycles. The summed E-state index contributed by atoms with van der Waals surface area (Å²) in [5, 5.41) is 1.17. The van der Waals surface area contributed by atoms with Gasteiger partial charge in [-0.3, -0.25) is 0 Å². The quantitative estimate of drug-likeness (QED) is 0.830. The summed E-state index contributed by atoms with van der Waals surface area (Å²) in [6.07, 6.45) is 7.21. The lowest BCUT2D eigenvalue weighted by Crippen LogP contribution is -2.09. The largest absolute Gasteiger partial charge is 0.322 e. The van der Waals surface area contributed by atoms with E-state index in [2.05, 4.69) is 11.9 Å². The SMILES string of the molecule is CCCCC(N)c1nc2c(s1)CCC2. The van der Waals surface area contributed by atoms with E-state index in [4.69, 9.17) is 5.73 Å². The average Bonchev–Trinajstić information content (AvgIpc) is 2.72. The zero-order valence-corrected chi connectivity index (χ0v) is 9.57. The molecule has 0 saturated heterocycles. The fraction of sp³-hybridized carbons (Fsp3) is 0.727. The number of unbranched alkanes of at least 4 members (excludes halogenated alkanes) is 1. The lowest BCUT2D eigenvalue weighted by atomic mass is 10.1. The van der Waals surface area contributed by atoms with Gasteiger partial charge in [-0.2, -0.15) is 0 Å². The van der Waals surface area contributed by atoms with E-state index in [1.807, 2.05) is 11.3 Å². The summed E-state index contributed by atoms with van der Waals surface area (Å²) in [5.74, 6) is 0. The summed E-state index contributed by atoms with van der Waals surface area (Å²) in [6.45, 7) is 2.20. The lowest BCUT2D eigenvalue weighted by Gasteiger charge is -2.06. The molecule has 0 aromatic carbocycles. The highest BCUT2D eigenvalue weighted by Gasteiger charge is 2.19. The monoisotopic (exact) mass is 210 g/mol. The van der Waals surface area contributed by atoms with Gasteiger partial charge in [-0.15, -0.1) is 11.3 Å². The Morgan fingerprint density at radius 2 is 2.36 bits per heavy atom. The average molecular weight is 210 g/mol. The van der Waals surface area contributed by atoms with Gasteiger partial charge in [0.15, 0.2) is 0 Å². The Bertz CT molecular complexity index is 285. The van der Waals surface area contributed by atoms with Gasteiger partial charge in [0.05, 0.1) is 11.7 Å². The topological polar surface area (TPSA) is 38.9 Å². The third kappa shape index (κ3) is 1.98. The maximum Gasteiger partial charge on any atom is 0.110 e. The van der Waals surface area contributed by atoms with Gasteiger partial charge >= 0.3 is 0 Å². The van der Waals surface area contributed by atoms with E-state index in [-0.39, 0.29) is 6.04 Å². The van der Waals surface area contributed by atoms with Crippen LogP contribution in [0.5, 0.6) is 0 Å². The minimum atomic E-state index is 0.186. The predicted octanol–water partition coefficient (Wildman–Crippen LogP) is 2.82. The van der Waals surface area contributed by atoms with Gasteiger partial charge < -0.3 is 5.73 Å². The second-order valence-corrected chi connectivity index (χ2v) is 5.14. The molecule has 2 rings (SSSR count). The lowest BCUT2D eigenvalue weighted by molar-refractivity contribution is 0.599. The molecule has 0 spiro atoms. The van der Waals surface area contributed by atoms with Crippen LogP contribution in [0.3, 0.4) is 0 Å². The van der Waals surface area contributed by atoms with Crippen LogP contribution in [0.25, 0.3) is 0 Å². The van der Waals surface area contributed by atoms with Crippen LogP contribution < -0.4 is 5.73 Å². The van der Waals surface area contributed by atoms with Crippen LogP contribution in [-0.4, -0.2) is 4.98 Å². The molecule has 1 atom stereocenters. The fourth-order valence-electron chi connectivity index (χ4n) is 1.92. The number of nitrogens with two attached hydrogens (primary N) is 1. The summed E-state index contributed by atoms with van der Waals surface area (Å²) in [6, 6.07) is 0.186. The molecule has 1 heterocycles. The van der Waals surface area contributed by atoms with Crippen LogP contribution in [0.1, 0.15) is 54.2 Å². The van der Waals surface area contributed by atoms with Crippen molar-refractivity contribution in [3.05, 3.63) is 15.6 Å². The molecule has 1 aromatic heterocycles. The van der Waals surface area contributed by atoms with Crippen LogP contribution in [0.15, 0.2) is 0 Å². The third-order valence-corrected chi connectivity index (χ3v) is 4.09. The first kappa shape index (κ1) is 10.1.